The smallest absolute Gasteiger partial charge is 0.267 e. The quantitative estimate of drug-likeness (QED) is 0.349. The number of aromatic nitrogens is 1. The van der Waals surface area contributed by atoms with Gasteiger partial charge in [0.2, 0.25) is 0 Å². The molecule has 1 saturated heterocycles. The number of benzene rings is 2. The maximum absolute atomic E-state index is 14.9. The number of amides is 2. The maximum Gasteiger partial charge on any atom is 0.267 e. The summed E-state index contributed by atoms with van der Waals surface area (Å²) in [5.41, 5.74) is 1.84. The zero-order valence-electron chi connectivity index (χ0n) is 21.6. The Morgan fingerprint density at radius 3 is 2.53 bits per heavy atom. The number of carbonyl (C=O) groups excluding carboxylic acids is 2. The lowest BCUT2D eigenvalue weighted by atomic mass is 10.1. The van der Waals surface area contributed by atoms with Crippen molar-refractivity contribution in [3.05, 3.63) is 65.6 Å². The Bertz CT molecular complexity index is 1290. The van der Waals surface area contributed by atoms with Gasteiger partial charge in [0.1, 0.15) is 23.3 Å². The van der Waals surface area contributed by atoms with Gasteiger partial charge in [-0.05, 0) is 62.7 Å². The van der Waals surface area contributed by atoms with E-state index in [1.807, 2.05) is 6.92 Å². The van der Waals surface area contributed by atoms with Crippen LogP contribution in [0.3, 0.4) is 0 Å². The fraction of sp³-hybridized carbons (Fsp3) is 0.357. The number of aromatic amines is 1. The van der Waals surface area contributed by atoms with Crippen LogP contribution in [0.4, 0.5) is 4.39 Å². The molecular weight excluding hydrogens is 493 g/mol. The van der Waals surface area contributed by atoms with Crippen molar-refractivity contribution >= 4 is 11.8 Å². The van der Waals surface area contributed by atoms with Crippen molar-refractivity contribution in [1.29, 1.82) is 0 Å². The molecule has 4 rings (SSSR count). The topological polar surface area (TPSA) is 113 Å². The van der Waals surface area contributed by atoms with Gasteiger partial charge in [0, 0.05) is 49.6 Å². The summed E-state index contributed by atoms with van der Waals surface area (Å²) in [6.07, 6.45) is 0.0185. The molecule has 10 heteroatoms. The molecule has 202 valence electrons. The minimum atomic E-state index is -0.667. The number of ether oxygens (including phenoxy) is 3. The van der Waals surface area contributed by atoms with E-state index in [0.717, 1.165) is 6.42 Å². The Balaban J connectivity index is 1.59. The molecule has 1 aromatic heterocycles. The monoisotopic (exact) mass is 525 g/mol. The van der Waals surface area contributed by atoms with Crippen molar-refractivity contribution in [2.24, 2.45) is 0 Å². The number of nitrogens with one attached hydrogen (secondary N) is 2. The summed E-state index contributed by atoms with van der Waals surface area (Å²) < 4.78 is 31.9. The highest BCUT2D eigenvalue weighted by Crippen LogP contribution is 2.34. The molecule has 9 nitrogen and oxygen atoms in total. The van der Waals surface area contributed by atoms with Gasteiger partial charge in [-0.3, -0.25) is 9.59 Å². The van der Waals surface area contributed by atoms with Crippen molar-refractivity contribution in [2.45, 2.75) is 32.5 Å². The molecule has 2 heterocycles. The van der Waals surface area contributed by atoms with E-state index in [1.165, 1.54) is 12.1 Å². The molecule has 3 aromatic rings. The second kappa shape index (κ2) is 12.1. The normalized spacial score (nSPS) is 14.4. The van der Waals surface area contributed by atoms with Crippen LogP contribution >= 0.6 is 0 Å². The molecule has 2 unspecified atom stereocenters. The largest absolute Gasteiger partial charge is 0.488 e. The van der Waals surface area contributed by atoms with Gasteiger partial charge in [0.15, 0.2) is 11.6 Å². The third kappa shape index (κ3) is 6.70. The molecular formula is C28H32FN3O6. The molecule has 3 N–H and O–H groups in total. The lowest BCUT2D eigenvalue weighted by molar-refractivity contribution is 0.0651. The minimum absolute atomic E-state index is 0.0390. The van der Waals surface area contributed by atoms with E-state index in [9.17, 15) is 19.1 Å². The second-order valence-electron chi connectivity index (χ2n) is 9.31. The predicted octanol–water partition coefficient (Wildman–Crippen LogP) is 3.98. The SMILES string of the molecule is COCC(C)Oc1cc(Oc2ccc(C(=O)N3CCC3)cc2F)cc(-c2ccc(C(=O)NCC(C)O)[nH]2)c1. The summed E-state index contributed by atoms with van der Waals surface area (Å²) in [6.45, 7) is 5.27. The third-order valence-corrected chi connectivity index (χ3v) is 5.97. The molecule has 0 saturated carbocycles. The maximum atomic E-state index is 14.9. The summed E-state index contributed by atoms with van der Waals surface area (Å²) in [5, 5.41) is 12.1. The molecule has 1 aliphatic heterocycles. The van der Waals surface area contributed by atoms with Crippen LogP contribution < -0.4 is 14.8 Å². The van der Waals surface area contributed by atoms with Gasteiger partial charge in [-0.25, -0.2) is 4.39 Å². The van der Waals surface area contributed by atoms with Crippen LogP contribution in [0.15, 0.2) is 48.5 Å². The highest BCUT2D eigenvalue weighted by atomic mass is 19.1. The van der Waals surface area contributed by atoms with Crippen LogP contribution in [0.25, 0.3) is 11.3 Å². The second-order valence-corrected chi connectivity index (χ2v) is 9.31. The zero-order valence-corrected chi connectivity index (χ0v) is 21.6. The molecule has 0 aliphatic carbocycles. The average Bonchev–Trinajstić information content (AvgIpc) is 3.33. The number of hydrogen-bond acceptors (Lipinski definition) is 6. The Kier molecular flexibility index (Phi) is 8.65. The highest BCUT2D eigenvalue weighted by Gasteiger charge is 2.23. The van der Waals surface area contributed by atoms with E-state index >= 15 is 0 Å². The first-order valence-corrected chi connectivity index (χ1v) is 12.5. The van der Waals surface area contributed by atoms with Gasteiger partial charge in [-0.15, -0.1) is 0 Å². The van der Waals surface area contributed by atoms with Gasteiger partial charge in [-0.2, -0.15) is 0 Å². The van der Waals surface area contributed by atoms with E-state index in [1.54, 1.807) is 55.3 Å². The molecule has 1 fully saturated rings. The van der Waals surface area contributed by atoms with Gasteiger partial charge < -0.3 is 34.5 Å². The van der Waals surface area contributed by atoms with Crippen LogP contribution in [0.1, 0.15) is 41.1 Å². The molecule has 0 radical (unpaired) electrons. The minimum Gasteiger partial charge on any atom is -0.488 e. The zero-order chi connectivity index (χ0) is 27.2. The molecule has 0 bridgehead atoms. The summed E-state index contributed by atoms with van der Waals surface area (Å²) in [6, 6.07) is 12.6. The van der Waals surface area contributed by atoms with E-state index in [-0.39, 0.29) is 35.8 Å². The van der Waals surface area contributed by atoms with E-state index in [0.29, 0.717) is 48.1 Å². The van der Waals surface area contributed by atoms with Crippen molar-refractivity contribution in [3.8, 4) is 28.5 Å². The summed E-state index contributed by atoms with van der Waals surface area (Å²) >= 11 is 0. The number of H-pyrrole nitrogens is 1. The Morgan fingerprint density at radius 2 is 1.87 bits per heavy atom. The number of aliphatic hydroxyl groups is 1. The lowest BCUT2D eigenvalue weighted by Gasteiger charge is -2.30. The Labute approximate surface area is 220 Å². The number of carbonyl (C=O) groups is 2. The number of methoxy groups -OCH3 is 1. The number of nitrogens with zero attached hydrogens (tertiary/aromatic N) is 1. The first-order chi connectivity index (χ1) is 18.2. The molecule has 1 aliphatic rings. The molecule has 38 heavy (non-hydrogen) atoms. The third-order valence-electron chi connectivity index (χ3n) is 5.97. The number of halogens is 1. The van der Waals surface area contributed by atoms with E-state index in [2.05, 4.69) is 10.3 Å². The van der Waals surface area contributed by atoms with Crippen LogP contribution in [0, 0.1) is 5.82 Å². The number of likely N-dealkylation sites (tertiary alicyclic amines) is 1. The summed E-state index contributed by atoms with van der Waals surface area (Å²) in [4.78, 5) is 29.5. The fourth-order valence-electron chi connectivity index (χ4n) is 3.93. The van der Waals surface area contributed by atoms with Crippen molar-refractivity contribution in [2.75, 3.05) is 33.4 Å². The fourth-order valence-corrected chi connectivity index (χ4v) is 3.93. The average molecular weight is 526 g/mol. The molecule has 2 atom stereocenters. The Hall–Kier alpha value is -3.89. The van der Waals surface area contributed by atoms with Gasteiger partial charge >= 0.3 is 0 Å². The van der Waals surface area contributed by atoms with E-state index < -0.39 is 11.9 Å². The Morgan fingerprint density at radius 1 is 1.11 bits per heavy atom. The summed E-state index contributed by atoms with van der Waals surface area (Å²) in [7, 11) is 1.58. The van der Waals surface area contributed by atoms with Crippen LogP contribution in [-0.2, 0) is 4.74 Å². The van der Waals surface area contributed by atoms with Crippen molar-refractivity contribution in [3.63, 3.8) is 0 Å². The number of hydrogen-bond donors (Lipinski definition) is 3. The van der Waals surface area contributed by atoms with E-state index in [4.69, 9.17) is 14.2 Å². The first-order valence-electron chi connectivity index (χ1n) is 12.5. The molecule has 2 aromatic carbocycles. The van der Waals surface area contributed by atoms with Gasteiger partial charge in [0.05, 0.1) is 12.7 Å². The van der Waals surface area contributed by atoms with Gasteiger partial charge in [0.25, 0.3) is 11.8 Å². The number of aliphatic hydroxyl groups excluding tert-OH is 1. The summed E-state index contributed by atoms with van der Waals surface area (Å²) in [5.74, 6) is -0.493. The molecule has 2 amide bonds. The van der Waals surface area contributed by atoms with Crippen LogP contribution in [-0.4, -0.2) is 72.4 Å². The van der Waals surface area contributed by atoms with Gasteiger partial charge in [-0.1, -0.05) is 0 Å². The predicted molar refractivity (Wildman–Crippen MR) is 139 cm³/mol. The first kappa shape index (κ1) is 27.2. The molecule has 0 spiro atoms. The standard InChI is InChI=1S/C28H32FN3O6/c1-17(33)15-30-27(34)25-7-6-24(31-25)20-11-21(37-18(2)16-36-3)14-22(12-20)38-26-8-5-19(13-23(26)29)28(35)32-9-4-10-32/h5-8,11-14,17-18,31,33H,4,9-10,15-16H2,1-3H3,(H,30,34). The van der Waals surface area contributed by atoms with Crippen LogP contribution in [0.5, 0.6) is 17.2 Å². The van der Waals surface area contributed by atoms with Crippen LogP contribution in [0.2, 0.25) is 0 Å². The highest BCUT2D eigenvalue weighted by molar-refractivity contribution is 5.95. The van der Waals surface area contributed by atoms with Crippen molar-refractivity contribution in [1.82, 2.24) is 15.2 Å². The number of rotatable bonds is 11. The lowest BCUT2D eigenvalue weighted by Crippen LogP contribution is -2.42. The van der Waals surface area contributed by atoms with Crippen molar-refractivity contribution < 1.29 is 33.3 Å².